The Morgan fingerprint density at radius 3 is 2.92 bits per heavy atom. The second-order valence-electron chi connectivity index (χ2n) is 2.63. The Bertz CT molecular complexity index is 371. The molecule has 0 unspecified atom stereocenters. The zero-order valence-electron chi connectivity index (χ0n) is 6.25. The van der Waals surface area contributed by atoms with Crippen LogP contribution in [0.2, 0.25) is 0 Å². The summed E-state index contributed by atoms with van der Waals surface area (Å²) in [4.78, 5) is 15.1. The molecule has 1 amide bonds. The van der Waals surface area contributed by atoms with Crippen molar-refractivity contribution in [3.8, 4) is 0 Å². The number of fused-ring (bicyclic) bond motifs is 1. The van der Waals surface area contributed by atoms with E-state index in [1.807, 2.05) is 18.2 Å². The minimum Gasteiger partial charge on any atom is -0.267 e. The van der Waals surface area contributed by atoms with E-state index in [1.165, 1.54) is 0 Å². The van der Waals surface area contributed by atoms with Crippen LogP contribution in [0, 0.1) is 0 Å². The van der Waals surface area contributed by atoms with Crippen LogP contribution in [-0.4, -0.2) is 10.5 Å². The predicted molar refractivity (Wildman–Crippen MR) is 50.8 cm³/mol. The molecule has 0 radical (unpaired) electrons. The van der Waals surface area contributed by atoms with Crippen LogP contribution in [0.1, 0.15) is 15.9 Å². The van der Waals surface area contributed by atoms with Crippen LogP contribution in [0.5, 0.6) is 0 Å². The van der Waals surface area contributed by atoms with Crippen LogP contribution >= 0.6 is 15.9 Å². The molecule has 0 saturated heterocycles. The lowest BCUT2D eigenvalue weighted by molar-refractivity contribution is 0.100. The molecule has 3 heteroatoms. The van der Waals surface area contributed by atoms with E-state index in [-0.39, 0.29) is 5.91 Å². The van der Waals surface area contributed by atoms with Gasteiger partial charge in [0, 0.05) is 12.0 Å². The third-order valence-electron chi connectivity index (χ3n) is 1.81. The standard InChI is InChI=1S/C9H6BrNO/c10-8-5-6-3-1-2-4-7(6)9(12)11-8/h1-4H,5H2. The highest BCUT2D eigenvalue weighted by Crippen LogP contribution is 2.18. The number of aliphatic imine (C=N–C) groups is 1. The summed E-state index contributed by atoms with van der Waals surface area (Å²) in [7, 11) is 0. The fraction of sp³-hybridized carbons (Fsp3) is 0.111. The molecule has 2 nitrogen and oxygen atoms in total. The average molecular weight is 224 g/mol. The number of carbonyl (C=O) groups is 1. The maximum atomic E-state index is 11.3. The second kappa shape index (κ2) is 2.83. The molecule has 1 aliphatic heterocycles. The topological polar surface area (TPSA) is 29.4 Å². The lowest BCUT2D eigenvalue weighted by Gasteiger charge is -2.09. The van der Waals surface area contributed by atoms with Gasteiger partial charge in [0.05, 0.1) is 4.62 Å². The van der Waals surface area contributed by atoms with Gasteiger partial charge in [-0.3, -0.25) is 4.79 Å². The predicted octanol–water partition coefficient (Wildman–Crippen LogP) is 2.18. The molecule has 1 heterocycles. The first kappa shape index (κ1) is 7.68. The van der Waals surface area contributed by atoms with E-state index in [0.29, 0.717) is 4.62 Å². The normalized spacial score (nSPS) is 15.4. The molecular formula is C9H6BrNO. The third kappa shape index (κ3) is 1.20. The molecule has 0 fully saturated rings. The van der Waals surface area contributed by atoms with Gasteiger partial charge >= 0.3 is 0 Å². The van der Waals surface area contributed by atoms with E-state index in [9.17, 15) is 4.79 Å². The van der Waals surface area contributed by atoms with E-state index in [2.05, 4.69) is 20.9 Å². The highest BCUT2D eigenvalue weighted by atomic mass is 79.9. The summed E-state index contributed by atoms with van der Waals surface area (Å²) < 4.78 is 0.714. The van der Waals surface area contributed by atoms with Crippen LogP contribution in [0.3, 0.4) is 0 Å². The molecule has 0 saturated carbocycles. The average Bonchev–Trinajstić information content (AvgIpc) is 2.04. The van der Waals surface area contributed by atoms with E-state index in [1.54, 1.807) is 6.07 Å². The van der Waals surface area contributed by atoms with Crippen molar-refractivity contribution in [2.75, 3.05) is 0 Å². The first-order valence-corrected chi connectivity index (χ1v) is 4.42. The number of hydrogen-bond donors (Lipinski definition) is 0. The Morgan fingerprint density at radius 2 is 2.08 bits per heavy atom. The monoisotopic (exact) mass is 223 g/mol. The van der Waals surface area contributed by atoms with Crippen molar-refractivity contribution in [3.05, 3.63) is 35.4 Å². The van der Waals surface area contributed by atoms with E-state index in [4.69, 9.17) is 0 Å². The van der Waals surface area contributed by atoms with E-state index >= 15 is 0 Å². The molecule has 0 atom stereocenters. The lowest BCUT2D eigenvalue weighted by atomic mass is 10.0. The Hall–Kier alpha value is -0.960. The van der Waals surface area contributed by atoms with Crippen molar-refractivity contribution in [2.24, 2.45) is 4.99 Å². The molecule has 60 valence electrons. The van der Waals surface area contributed by atoms with Crippen molar-refractivity contribution in [3.63, 3.8) is 0 Å². The summed E-state index contributed by atoms with van der Waals surface area (Å²) in [5, 5.41) is 0. The van der Waals surface area contributed by atoms with Gasteiger partial charge in [0.25, 0.3) is 5.91 Å². The summed E-state index contributed by atoms with van der Waals surface area (Å²) in [6.07, 6.45) is 0.724. The van der Waals surface area contributed by atoms with Gasteiger partial charge in [-0.1, -0.05) is 18.2 Å². The Labute approximate surface area is 78.4 Å². The zero-order valence-corrected chi connectivity index (χ0v) is 7.84. The number of hydrogen-bond acceptors (Lipinski definition) is 1. The molecule has 2 rings (SSSR count). The Kier molecular flexibility index (Phi) is 1.81. The number of benzene rings is 1. The van der Waals surface area contributed by atoms with Crippen LogP contribution in [0.15, 0.2) is 29.3 Å². The van der Waals surface area contributed by atoms with Crippen LogP contribution in [0.25, 0.3) is 0 Å². The maximum absolute atomic E-state index is 11.3. The lowest BCUT2D eigenvalue weighted by Crippen LogP contribution is -2.11. The molecule has 0 aromatic heterocycles. The zero-order chi connectivity index (χ0) is 8.55. The first-order valence-electron chi connectivity index (χ1n) is 3.62. The van der Waals surface area contributed by atoms with Gasteiger partial charge in [0.15, 0.2) is 0 Å². The van der Waals surface area contributed by atoms with Crippen molar-refractivity contribution in [2.45, 2.75) is 6.42 Å². The van der Waals surface area contributed by atoms with Crippen molar-refractivity contribution in [1.29, 1.82) is 0 Å². The Morgan fingerprint density at radius 1 is 1.33 bits per heavy atom. The number of halogens is 1. The molecule has 0 N–H and O–H groups in total. The van der Waals surface area contributed by atoms with E-state index in [0.717, 1.165) is 17.5 Å². The van der Waals surface area contributed by atoms with Crippen molar-refractivity contribution in [1.82, 2.24) is 0 Å². The van der Waals surface area contributed by atoms with Gasteiger partial charge in [-0.2, -0.15) is 0 Å². The SMILES string of the molecule is O=C1N=C(Br)Cc2ccccc21. The molecule has 1 aromatic rings. The second-order valence-corrected chi connectivity index (χ2v) is 3.54. The van der Waals surface area contributed by atoms with E-state index < -0.39 is 0 Å². The van der Waals surface area contributed by atoms with Crippen molar-refractivity contribution < 1.29 is 4.79 Å². The van der Waals surface area contributed by atoms with Gasteiger partial charge < -0.3 is 0 Å². The summed E-state index contributed by atoms with van der Waals surface area (Å²) in [5.74, 6) is -0.149. The summed E-state index contributed by atoms with van der Waals surface area (Å²) in [6, 6.07) is 7.53. The van der Waals surface area contributed by atoms with Gasteiger partial charge in [-0.05, 0) is 27.6 Å². The molecule has 0 spiro atoms. The largest absolute Gasteiger partial charge is 0.278 e. The fourth-order valence-corrected chi connectivity index (χ4v) is 1.71. The van der Waals surface area contributed by atoms with Gasteiger partial charge in [0.1, 0.15) is 0 Å². The number of amides is 1. The third-order valence-corrected chi connectivity index (χ3v) is 2.26. The minimum atomic E-state index is -0.149. The summed E-state index contributed by atoms with van der Waals surface area (Å²) in [6.45, 7) is 0. The molecule has 0 bridgehead atoms. The molecular weight excluding hydrogens is 218 g/mol. The van der Waals surface area contributed by atoms with Crippen LogP contribution < -0.4 is 0 Å². The van der Waals surface area contributed by atoms with Crippen molar-refractivity contribution >= 4 is 26.5 Å². The van der Waals surface area contributed by atoms with Crippen LogP contribution in [-0.2, 0) is 6.42 Å². The molecule has 1 aromatic carbocycles. The Balaban J connectivity index is 2.56. The fourth-order valence-electron chi connectivity index (χ4n) is 1.25. The van der Waals surface area contributed by atoms with Gasteiger partial charge in [-0.25, -0.2) is 4.99 Å². The maximum Gasteiger partial charge on any atom is 0.278 e. The van der Waals surface area contributed by atoms with Gasteiger partial charge in [-0.15, -0.1) is 0 Å². The molecule has 1 aliphatic rings. The smallest absolute Gasteiger partial charge is 0.267 e. The molecule has 12 heavy (non-hydrogen) atoms. The number of nitrogens with zero attached hydrogens (tertiary/aromatic N) is 1. The highest BCUT2D eigenvalue weighted by Gasteiger charge is 2.16. The number of carbonyl (C=O) groups excluding carboxylic acids is 1. The van der Waals surface area contributed by atoms with Gasteiger partial charge in [0.2, 0.25) is 0 Å². The molecule has 0 aliphatic carbocycles. The summed E-state index contributed by atoms with van der Waals surface area (Å²) >= 11 is 3.23. The van der Waals surface area contributed by atoms with Crippen LogP contribution in [0.4, 0.5) is 0 Å². The summed E-state index contributed by atoms with van der Waals surface area (Å²) in [5.41, 5.74) is 1.77. The minimum absolute atomic E-state index is 0.149. The first-order chi connectivity index (χ1) is 5.77. The number of rotatable bonds is 0. The quantitative estimate of drug-likeness (QED) is 0.664. The highest BCUT2D eigenvalue weighted by molar-refractivity contribution is 9.18.